The number of carbonyl (C=O) groups is 2. The van der Waals surface area contributed by atoms with Gasteiger partial charge in [-0.1, -0.05) is 66.7 Å². The van der Waals surface area contributed by atoms with Crippen molar-refractivity contribution in [2.45, 2.75) is 18.9 Å². The van der Waals surface area contributed by atoms with E-state index in [1.807, 2.05) is 66.7 Å². The molecule has 1 aliphatic rings. The molecule has 6 nitrogen and oxygen atoms in total. The first-order valence-corrected chi connectivity index (χ1v) is 10.6. The topological polar surface area (TPSA) is 76.1 Å². The first kappa shape index (κ1) is 21.4. The minimum Gasteiger partial charge on any atom is -0.491 e. The maximum absolute atomic E-state index is 12.9. The molecular formula is C26H25NO5. The van der Waals surface area contributed by atoms with Crippen LogP contribution in [0, 0.1) is 0 Å². The zero-order chi connectivity index (χ0) is 22.5. The highest BCUT2D eigenvalue weighted by atomic mass is 16.6. The molecular weight excluding hydrogens is 406 g/mol. The standard InChI is InChI=1S/C26H25NO5/c1-18(16-31-19-9-3-2-4-10-19)27(15-25(28)29)26(30)32-17-24-22-13-7-5-11-20(22)21-12-6-8-14-23(21)24/h2-14,18,24H,15-17H2,1H3,(H,28,29)/t18-/m1/s1. The van der Waals surface area contributed by atoms with Gasteiger partial charge in [0.05, 0.1) is 6.04 Å². The largest absolute Gasteiger partial charge is 0.491 e. The van der Waals surface area contributed by atoms with E-state index in [9.17, 15) is 14.7 Å². The molecule has 0 saturated heterocycles. The van der Waals surface area contributed by atoms with E-state index in [2.05, 4.69) is 12.1 Å². The van der Waals surface area contributed by atoms with E-state index in [0.717, 1.165) is 22.3 Å². The lowest BCUT2D eigenvalue weighted by atomic mass is 9.98. The Morgan fingerprint density at radius 3 is 2.06 bits per heavy atom. The van der Waals surface area contributed by atoms with Crippen LogP contribution in [0.2, 0.25) is 0 Å². The Balaban J connectivity index is 1.45. The van der Waals surface area contributed by atoms with Crippen molar-refractivity contribution in [3.8, 4) is 16.9 Å². The first-order chi connectivity index (χ1) is 15.5. The van der Waals surface area contributed by atoms with E-state index in [4.69, 9.17) is 9.47 Å². The Kier molecular flexibility index (Phi) is 6.40. The molecule has 1 aliphatic carbocycles. The maximum Gasteiger partial charge on any atom is 0.410 e. The predicted molar refractivity (Wildman–Crippen MR) is 121 cm³/mol. The molecule has 1 N–H and O–H groups in total. The van der Waals surface area contributed by atoms with Crippen LogP contribution in [0.15, 0.2) is 78.9 Å². The van der Waals surface area contributed by atoms with Crippen molar-refractivity contribution in [1.82, 2.24) is 4.90 Å². The Labute approximate surface area is 187 Å². The van der Waals surface area contributed by atoms with Gasteiger partial charge >= 0.3 is 12.1 Å². The third-order valence-electron chi connectivity index (χ3n) is 5.64. The van der Waals surface area contributed by atoms with Crippen LogP contribution in [0.4, 0.5) is 4.79 Å². The lowest BCUT2D eigenvalue weighted by Gasteiger charge is -2.27. The number of nitrogens with zero attached hydrogens (tertiary/aromatic N) is 1. The molecule has 0 fully saturated rings. The van der Waals surface area contributed by atoms with E-state index in [0.29, 0.717) is 5.75 Å². The number of para-hydroxylation sites is 1. The predicted octanol–water partition coefficient (Wildman–Crippen LogP) is 4.79. The minimum atomic E-state index is -1.11. The average Bonchev–Trinajstić information content (AvgIpc) is 3.14. The van der Waals surface area contributed by atoms with E-state index >= 15 is 0 Å². The minimum absolute atomic E-state index is 0.0890. The van der Waals surface area contributed by atoms with Crippen LogP contribution in [0.3, 0.4) is 0 Å². The third kappa shape index (κ3) is 4.59. The summed E-state index contributed by atoms with van der Waals surface area (Å²) in [6.07, 6.45) is -0.668. The number of ether oxygens (including phenoxy) is 2. The van der Waals surface area contributed by atoms with E-state index in [1.54, 1.807) is 6.92 Å². The number of benzene rings is 3. The Morgan fingerprint density at radius 1 is 0.906 bits per heavy atom. The van der Waals surface area contributed by atoms with Crippen LogP contribution < -0.4 is 4.74 Å². The SMILES string of the molecule is C[C@H](COc1ccccc1)N(CC(=O)O)C(=O)OCC1c2ccccc2-c2ccccc21. The van der Waals surface area contributed by atoms with Crippen molar-refractivity contribution in [3.63, 3.8) is 0 Å². The molecule has 4 rings (SSSR count). The monoisotopic (exact) mass is 431 g/mol. The van der Waals surface area contributed by atoms with Gasteiger partial charge in [-0.05, 0) is 41.3 Å². The van der Waals surface area contributed by atoms with Gasteiger partial charge < -0.3 is 14.6 Å². The molecule has 0 bridgehead atoms. The second-order valence-corrected chi connectivity index (χ2v) is 7.80. The van der Waals surface area contributed by atoms with Crippen LogP contribution in [0.25, 0.3) is 11.1 Å². The lowest BCUT2D eigenvalue weighted by Crippen LogP contribution is -2.45. The molecule has 32 heavy (non-hydrogen) atoms. The smallest absolute Gasteiger partial charge is 0.410 e. The zero-order valence-corrected chi connectivity index (χ0v) is 17.8. The normalized spacial score (nSPS) is 13.0. The molecule has 0 heterocycles. The van der Waals surface area contributed by atoms with Gasteiger partial charge in [0.25, 0.3) is 0 Å². The Bertz CT molecular complexity index is 1050. The fourth-order valence-electron chi connectivity index (χ4n) is 4.05. The molecule has 3 aromatic carbocycles. The van der Waals surface area contributed by atoms with Crippen LogP contribution >= 0.6 is 0 Å². The molecule has 1 atom stereocenters. The number of amides is 1. The molecule has 0 saturated carbocycles. The van der Waals surface area contributed by atoms with Crippen LogP contribution in [0.5, 0.6) is 5.75 Å². The first-order valence-electron chi connectivity index (χ1n) is 10.6. The van der Waals surface area contributed by atoms with Gasteiger partial charge in [0.2, 0.25) is 0 Å². The maximum atomic E-state index is 12.9. The van der Waals surface area contributed by atoms with Gasteiger partial charge in [-0.2, -0.15) is 0 Å². The highest BCUT2D eigenvalue weighted by Crippen LogP contribution is 2.44. The summed E-state index contributed by atoms with van der Waals surface area (Å²) in [5.41, 5.74) is 4.48. The van der Waals surface area contributed by atoms with Gasteiger partial charge in [0, 0.05) is 5.92 Å². The Hall–Kier alpha value is -3.80. The van der Waals surface area contributed by atoms with Gasteiger partial charge in [-0.3, -0.25) is 9.69 Å². The fraction of sp³-hybridized carbons (Fsp3) is 0.231. The number of hydrogen-bond acceptors (Lipinski definition) is 4. The van der Waals surface area contributed by atoms with Crippen molar-refractivity contribution >= 4 is 12.1 Å². The summed E-state index contributed by atoms with van der Waals surface area (Å²) in [5, 5.41) is 9.32. The second kappa shape index (κ2) is 9.56. The van der Waals surface area contributed by atoms with Gasteiger partial charge in [-0.25, -0.2) is 4.79 Å². The number of rotatable bonds is 8. The second-order valence-electron chi connectivity index (χ2n) is 7.80. The fourth-order valence-corrected chi connectivity index (χ4v) is 4.05. The highest BCUT2D eigenvalue weighted by Gasteiger charge is 2.31. The number of carboxylic acid groups (broad SMARTS) is 1. The number of carboxylic acids is 1. The summed E-state index contributed by atoms with van der Waals surface area (Å²) >= 11 is 0. The quantitative estimate of drug-likeness (QED) is 0.555. The molecule has 0 unspecified atom stereocenters. The van der Waals surface area contributed by atoms with E-state index < -0.39 is 24.6 Å². The summed E-state index contributed by atoms with van der Waals surface area (Å²) < 4.78 is 11.4. The number of aliphatic carboxylic acids is 1. The Morgan fingerprint density at radius 2 is 1.47 bits per heavy atom. The van der Waals surface area contributed by atoms with E-state index in [-0.39, 0.29) is 19.1 Å². The third-order valence-corrected chi connectivity index (χ3v) is 5.64. The van der Waals surface area contributed by atoms with Gasteiger partial charge in [0.15, 0.2) is 0 Å². The molecule has 164 valence electrons. The van der Waals surface area contributed by atoms with Crippen molar-refractivity contribution in [3.05, 3.63) is 90.0 Å². The van der Waals surface area contributed by atoms with Crippen molar-refractivity contribution < 1.29 is 24.2 Å². The molecule has 3 aromatic rings. The summed E-state index contributed by atoms with van der Waals surface area (Å²) in [7, 11) is 0. The zero-order valence-electron chi connectivity index (χ0n) is 17.8. The summed E-state index contributed by atoms with van der Waals surface area (Å²) in [5.74, 6) is -0.541. The molecule has 0 radical (unpaired) electrons. The van der Waals surface area contributed by atoms with Crippen molar-refractivity contribution in [1.29, 1.82) is 0 Å². The molecule has 6 heteroatoms. The van der Waals surface area contributed by atoms with Gasteiger partial charge in [-0.15, -0.1) is 0 Å². The van der Waals surface area contributed by atoms with Crippen molar-refractivity contribution in [2.24, 2.45) is 0 Å². The summed E-state index contributed by atoms with van der Waals surface area (Å²) in [6.45, 7) is 1.57. The molecule has 1 amide bonds. The number of fused-ring (bicyclic) bond motifs is 3. The van der Waals surface area contributed by atoms with Crippen LogP contribution in [-0.2, 0) is 9.53 Å². The van der Waals surface area contributed by atoms with Gasteiger partial charge in [0.1, 0.15) is 25.5 Å². The lowest BCUT2D eigenvalue weighted by molar-refractivity contribution is -0.138. The number of hydrogen-bond donors (Lipinski definition) is 1. The average molecular weight is 431 g/mol. The number of carbonyl (C=O) groups excluding carboxylic acids is 1. The van der Waals surface area contributed by atoms with Crippen LogP contribution in [0.1, 0.15) is 24.0 Å². The van der Waals surface area contributed by atoms with Crippen molar-refractivity contribution in [2.75, 3.05) is 19.8 Å². The molecule has 0 aliphatic heterocycles. The van der Waals surface area contributed by atoms with E-state index in [1.165, 1.54) is 4.90 Å². The highest BCUT2D eigenvalue weighted by molar-refractivity contribution is 5.79. The summed E-state index contributed by atoms with van der Waals surface area (Å²) in [4.78, 5) is 25.5. The van der Waals surface area contributed by atoms with Crippen LogP contribution in [-0.4, -0.2) is 47.9 Å². The molecule has 0 spiro atoms. The summed E-state index contributed by atoms with van der Waals surface area (Å²) in [6, 6.07) is 24.8. The molecule has 0 aromatic heterocycles.